The Morgan fingerprint density at radius 2 is 2.64 bits per heavy atom. The predicted molar refractivity (Wildman–Crippen MR) is 39.7 cm³/mol. The molecule has 0 fully saturated rings. The quantitative estimate of drug-likeness (QED) is 0.585. The lowest BCUT2D eigenvalue weighted by atomic mass is 10.2. The molecule has 0 radical (unpaired) electrons. The van der Waals surface area contributed by atoms with Gasteiger partial charge in [0.15, 0.2) is 5.76 Å². The van der Waals surface area contributed by atoms with E-state index in [9.17, 15) is 4.79 Å². The molecule has 0 amide bonds. The van der Waals surface area contributed by atoms with Crippen LogP contribution in [0.4, 0.5) is 0 Å². The van der Waals surface area contributed by atoms with Crippen LogP contribution in [0.2, 0.25) is 0 Å². The van der Waals surface area contributed by atoms with Gasteiger partial charge >= 0.3 is 0 Å². The van der Waals surface area contributed by atoms with Gasteiger partial charge in [0.2, 0.25) is 0 Å². The first-order valence-electron chi connectivity index (χ1n) is 3.11. The maximum atomic E-state index is 10.5. The molecule has 0 saturated heterocycles. The smallest absolute Gasteiger partial charge is 0.280 e. The van der Waals surface area contributed by atoms with Crippen LogP contribution >= 0.6 is 0 Å². The molecule has 0 saturated carbocycles. The van der Waals surface area contributed by atoms with Gasteiger partial charge in [0, 0.05) is 12.5 Å². The lowest BCUT2D eigenvalue weighted by molar-refractivity contribution is 0.359. The zero-order valence-corrected chi connectivity index (χ0v) is 5.83. The second-order valence-electron chi connectivity index (χ2n) is 2.13. The minimum Gasteiger partial charge on any atom is -0.382 e. The van der Waals surface area contributed by atoms with Crippen molar-refractivity contribution in [3.63, 3.8) is 0 Å². The monoisotopic (exact) mass is 152 g/mol. The summed E-state index contributed by atoms with van der Waals surface area (Å²) < 4.78 is 4.72. The number of hydrogen-bond donors (Lipinski definition) is 2. The van der Waals surface area contributed by atoms with E-state index in [0.717, 1.165) is 0 Å². The van der Waals surface area contributed by atoms with E-state index in [4.69, 9.17) is 16.7 Å². The fourth-order valence-electron chi connectivity index (χ4n) is 0.708. The summed E-state index contributed by atoms with van der Waals surface area (Å²) in [6, 6.07) is 0.904. The Labute approximate surface area is 63.4 Å². The molecule has 1 aromatic heterocycles. The lowest BCUT2D eigenvalue weighted by Crippen LogP contribution is -2.08. The first-order chi connectivity index (χ1) is 5.24. The summed E-state index contributed by atoms with van der Waals surface area (Å²) in [6.45, 7) is 0. The number of nitrogens with one attached hydrogen (secondary N) is 1. The fraction of sp³-hybridized carbons (Fsp3) is 0.286. The van der Waals surface area contributed by atoms with E-state index in [0.29, 0.717) is 12.2 Å². The average Bonchev–Trinajstić information content (AvgIpc) is 2.36. The predicted octanol–water partition coefficient (Wildman–Crippen LogP) is -0.00900. The Hall–Kier alpha value is -1.47. The van der Waals surface area contributed by atoms with E-state index in [1.54, 1.807) is 0 Å². The standard InChI is InChI=1S/C7H8N2O2/c1-2-3-5(8)6-4-7(10)9-11-6/h1,4-5H,3,8H2,(H,9,10)/t5-/m1/s1. The molecule has 0 unspecified atom stereocenters. The van der Waals surface area contributed by atoms with Crippen LogP contribution in [0.15, 0.2) is 15.4 Å². The van der Waals surface area contributed by atoms with Gasteiger partial charge in [-0.1, -0.05) is 0 Å². The number of terminal acetylenes is 1. The summed E-state index contributed by atoms with van der Waals surface area (Å²) in [6.07, 6.45) is 5.38. The molecule has 11 heavy (non-hydrogen) atoms. The van der Waals surface area contributed by atoms with E-state index in [2.05, 4.69) is 11.1 Å². The van der Waals surface area contributed by atoms with Gasteiger partial charge in [-0.15, -0.1) is 12.3 Å². The molecule has 0 aliphatic carbocycles. The zero-order chi connectivity index (χ0) is 8.27. The van der Waals surface area contributed by atoms with Crippen molar-refractivity contribution in [1.29, 1.82) is 0 Å². The lowest BCUT2D eigenvalue weighted by Gasteiger charge is -1.99. The number of nitrogens with two attached hydrogens (primary N) is 1. The van der Waals surface area contributed by atoms with Crippen molar-refractivity contribution >= 4 is 0 Å². The van der Waals surface area contributed by atoms with Gasteiger partial charge in [-0.05, 0) is 0 Å². The summed E-state index contributed by atoms with van der Waals surface area (Å²) in [5.41, 5.74) is 5.23. The molecule has 0 bridgehead atoms. The molecule has 3 N–H and O–H groups in total. The van der Waals surface area contributed by atoms with Gasteiger partial charge in [0.05, 0.1) is 6.04 Å². The maximum Gasteiger partial charge on any atom is 0.280 e. The fourth-order valence-corrected chi connectivity index (χ4v) is 0.708. The molecular formula is C7H8N2O2. The summed E-state index contributed by atoms with van der Waals surface area (Å²) in [5.74, 6) is 2.77. The van der Waals surface area contributed by atoms with Crippen LogP contribution in [-0.4, -0.2) is 5.16 Å². The van der Waals surface area contributed by atoms with E-state index in [-0.39, 0.29) is 11.6 Å². The summed E-state index contributed by atoms with van der Waals surface area (Å²) >= 11 is 0. The van der Waals surface area contributed by atoms with Gasteiger partial charge in [0.25, 0.3) is 5.56 Å². The Kier molecular flexibility index (Phi) is 2.14. The van der Waals surface area contributed by atoms with Crippen LogP contribution in [0.25, 0.3) is 0 Å². The molecule has 0 aromatic carbocycles. The van der Waals surface area contributed by atoms with Crippen LogP contribution in [-0.2, 0) is 0 Å². The summed E-state index contributed by atoms with van der Waals surface area (Å²) in [7, 11) is 0. The number of hydrogen-bond acceptors (Lipinski definition) is 3. The second-order valence-corrected chi connectivity index (χ2v) is 2.13. The van der Waals surface area contributed by atoms with Gasteiger partial charge in [0.1, 0.15) is 0 Å². The van der Waals surface area contributed by atoms with Crippen molar-refractivity contribution in [3.05, 3.63) is 22.2 Å². The molecule has 4 nitrogen and oxygen atoms in total. The van der Waals surface area contributed by atoms with Crippen molar-refractivity contribution in [2.45, 2.75) is 12.5 Å². The first kappa shape index (κ1) is 7.63. The second kappa shape index (κ2) is 3.08. The van der Waals surface area contributed by atoms with E-state index in [1.165, 1.54) is 6.07 Å². The molecule has 1 aromatic rings. The molecular weight excluding hydrogens is 144 g/mol. The summed E-state index contributed by atoms with van der Waals surface area (Å²) in [5, 5.41) is 2.13. The minimum atomic E-state index is -0.390. The largest absolute Gasteiger partial charge is 0.382 e. The molecule has 58 valence electrons. The third kappa shape index (κ3) is 1.72. The van der Waals surface area contributed by atoms with Crippen molar-refractivity contribution < 1.29 is 4.52 Å². The average molecular weight is 152 g/mol. The Bertz CT molecular complexity index is 318. The van der Waals surface area contributed by atoms with Crippen molar-refractivity contribution in [1.82, 2.24) is 5.16 Å². The van der Waals surface area contributed by atoms with Gasteiger partial charge < -0.3 is 10.3 Å². The highest BCUT2D eigenvalue weighted by molar-refractivity contribution is 5.04. The van der Waals surface area contributed by atoms with E-state index < -0.39 is 0 Å². The van der Waals surface area contributed by atoms with E-state index in [1.807, 2.05) is 0 Å². The number of H-pyrrole nitrogens is 1. The van der Waals surface area contributed by atoms with Crippen LogP contribution in [0.1, 0.15) is 18.2 Å². The third-order valence-electron chi connectivity index (χ3n) is 1.25. The minimum absolute atomic E-state index is 0.299. The van der Waals surface area contributed by atoms with Gasteiger partial charge in [-0.2, -0.15) is 5.16 Å². The molecule has 1 atom stereocenters. The number of aromatic nitrogens is 1. The Morgan fingerprint density at radius 1 is 1.91 bits per heavy atom. The van der Waals surface area contributed by atoms with Crippen LogP contribution in [0.5, 0.6) is 0 Å². The first-order valence-corrected chi connectivity index (χ1v) is 3.11. The number of rotatable bonds is 2. The topological polar surface area (TPSA) is 72.0 Å². The van der Waals surface area contributed by atoms with E-state index >= 15 is 0 Å². The Morgan fingerprint density at radius 3 is 3.09 bits per heavy atom. The Balaban J connectivity index is 2.78. The van der Waals surface area contributed by atoms with Crippen LogP contribution < -0.4 is 11.3 Å². The molecule has 4 heteroatoms. The van der Waals surface area contributed by atoms with Crippen LogP contribution in [0.3, 0.4) is 0 Å². The van der Waals surface area contributed by atoms with Crippen molar-refractivity contribution in [3.8, 4) is 12.3 Å². The van der Waals surface area contributed by atoms with Gasteiger partial charge in [-0.3, -0.25) is 4.79 Å². The SMILES string of the molecule is C#CC[C@@H](N)c1cc(=O)[nH]o1. The maximum absolute atomic E-state index is 10.5. The van der Waals surface area contributed by atoms with Crippen molar-refractivity contribution in [2.75, 3.05) is 0 Å². The highest BCUT2D eigenvalue weighted by atomic mass is 16.5. The van der Waals surface area contributed by atoms with Crippen LogP contribution in [0, 0.1) is 12.3 Å². The zero-order valence-electron chi connectivity index (χ0n) is 5.83. The normalized spacial score (nSPS) is 12.4. The number of aromatic amines is 1. The van der Waals surface area contributed by atoms with Crippen molar-refractivity contribution in [2.24, 2.45) is 5.73 Å². The molecule has 1 rings (SSSR count). The molecule has 1 heterocycles. The van der Waals surface area contributed by atoms with Gasteiger partial charge in [-0.25, -0.2) is 0 Å². The molecule has 0 aliphatic heterocycles. The highest BCUT2D eigenvalue weighted by Crippen LogP contribution is 2.08. The highest BCUT2D eigenvalue weighted by Gasteiger charge is 2.08. The summed E-state index contributed by atoms with van der Waals surface area (Å²) in [4.78, 5) is 10.5. The molecule has 0 aliphatic rings. The third-order valence-corrected chi connectivity index (χ3v) is 1.25. The molecule has 0 spiro atoms.